The molecule has 0 aromatic carbocycles. The predicted molar refractivity (Wildman–Crippen MR) is 131 cm³/mol. The number of aliphatic hydroxyl groups excluding tert-OH is 2. The lowest BCUT2D eigenvalue weighted by molar-refractivity contribution is -0.139. The van der Waals surface area contributed by atoms with Crippen LogP contribution in [0.3, 0.4) is 0 Å². The van der Waals surface area contributed by atoms with E-state index in [0.717, 1.165) is 12.2 Å². The van der Waals surface area contributed by atoms with Crippen LogP contribution in [0, 0.1) is 5.41 Å². The molecular formula is C23H40O14. The molecule has 0 rings (SSSR count). The summed E-state index contributed by atoms with van der Waals surface area (Å²) >= 11 is 0. The molecule has 37 heavy (non-hydrogen) atoms. The van der Waals surface area contributed by atoms with Gasteiger partial charge in [-0.1, -0.05) is 27.0 Å². The summed E-state index contributed by atoms with van der Waals surface area (Å²) < 4.78 is 0. The van der Waals surface area contributed by atoms with E-state index in [1.807, 2.05) is 0 Å². The number of aliphatic hydroxyl groups is 2. The van der Waals surface area contributed by atoms with Crippen LogP contribution < -0.4 is 0 Å². The van der Waals surface area contributed by atoms with Crippen molar-refractivity contribution in [3.05, 3.63) is 25.3 Å². The normalized spacial score (nSPS) is 8.97. The van der Waals surface area contributed by atoms with E-state index in [2.05, 4.69) is 13.2 Å². The molecule has 0 saturated heterocycles. The zero-order valence-electron chi connectivity index (χ0n) is 21.2. The Bertz CT molecular complexity index is 595. The Kier molecular flexibility index (Phi) is 35.4. The Morgan fingerprint density at radius 2 is 0.703 bits per heavy atom. The maximum absolute atomic E-state index is 9.90. The number of rotatable bonds is 14. The minimum Gasteiger partial charge on any atom is -0.481 e. The summed E-state index contributed by atoms with van der Waals surface area (Å²) in [6, 6.07) is 0. The zero-order chi connectivity index (χ0) is 30.4. The highest BCUT2D eigenvalue weighted by atomic mass is 16.4. The quantitative estimate of drug-likeness (QED) is 0.116. The van der Waals surface area contributed by atoms with E-state index in [-0.39, 0.29) is 44.3 Å². The van der Waals surface area contributed by atoms with Gasteiger partial charge in [0.2, 0.25) is 0 Å². The highest BCUT2D eigenvalue weighted by Crippen LogP contribution is 2.10. The van der Waals surface area contributed by atoms with Gasteiger partial charge in [0, 0.05) is 43.3 Å². The van der Waals surface area contributed by atoms with Crippen LogP contribution in [0.4, 0.5) is 0 Å². The van der Waals surface area contributed by atoms with Gasteiger partial charge in [0.25, 0.3) is 0 Å². The maximum atomic E-state index is 9.90. The number of carboxylic acid groups (broad SMARTS) is 6. The van der Waals surface area contributed by atoms with Crippen LogP contribution in [0.1, 0.15) is 65.2 Å². The fraction of sp³-hybridized carbons (Fsp3) is 0.565. The molecule has 0 aromatic rings. The van der Waals surface area contributed by atoms with Gasteiger partial charge in [0.15, 0.2) is 0 Å². The largest absolute Gasteiger partial charge is 0.481 e. The first-order chi connectivity index (χ1) is 16.9. The number of hydrogen-bond acceptors (Lipinski definition) is 8. The van der Waals surface area contributed by atoms with Crippen molar-refractivity contribution in [2.75, 3.05) is 13.2 Å². The van der Waals surface area contributed by atoms with Gasteiger partial charge < -0.3 is 40.9 Å². The van der Waals surface area contributed by atoms with Crippen molar-refractivity contribution in [1.82, 2.24) is 0 Å². The minimum atomic E-state index is -0.981. The van der Waals surface area contributed by atoms with Crippen molar-refractivity contribution in [2.24, 2.45) is 5.41 Å². The van der Waals surface area contributed by atoms with Crippen LogP contribution >= 0.6 is 0 Å². The molecule has 0 aliphatic carbocycles. The Morgan fingerprint density at radius 1 is 0.541 bits per heavy atom. The molecule has 0 heterocycles. The van der Waals surface area contributed by atoms with E-state index in [1.54, 1.807) is 13.8 Å². The van der Waals surface area contributed by atoms with Crippen molar-refractivity contribution >= 4 is 35.8 Å². The summed E-state index contributed by atoms with van der Waals surface area (Å²) in [6.45, 7) is 9.61. The van der Waals surface area contributed by atoms with Crippen molar-refractivity contribution in [1.29, 1.82) is 0 Å². The van der Waals surface area contributed by atoms with E-state index in [9.17, 15) is 28.8 Å². The molecule has 0 bridgehead atoms. The van der Waals surface area contributed by atoms with Crippen LogP contribution in [0.15, 0.2) is 25.3 Å². The van der Waals surface area contributed by atoms with Crippen LogP contribution in [0.25, 0.3) is 0 Å². The summed E-state index contributed by atoms with van der Waals surface area (Å²) in [5.74, 6) is -5.44. The maximum Gasteiger partial charge on any atom is 0.327 e. The molecule has 0 amide bonds. The standard InChI is InChI=1S/2C6H10O4.C5H12O2.2C3H4O2/c2*7-5(8)3-1-2-4-6(9)10;1-5(2,3-6)4-7;2*1-2-3(4)5/h2*1-4H2,(H,7,8)(H,9,10);6-7H,3-4H2,1-2H3;2*2H,1H2,(H,4,5). The number of aliphatic carboxylic acids is 6. The number of hydrogen-bond donors (Lipinski definition) is 8. The number of unbranched alkanes of at least 4 members (excludes halogenated alkanes) is 2. The fourth-order valence-corrected chi connectivity index (χ4v) is 1.15. The zero-order valence-corrected chi connectivity index (χ0v) is 21.2. The molecule has 14 nitrogen and oxygen atoms in total. The highest BCUT2D eigenvalue weighted by molar-refractivity contribution is 5.79. The first kappa shape index (κ1) is 43.3. The average Bonchev–Trinajstić information content (AvgIpc) is 2.80. The molecule has 0 aromatic heterocycles. The third-order valence-electron chi connectivity index (χ3n) is 3.27. The minimum absolute atomic E-state index is 0.0451. The summed E-state index contributed by atoms with van der Waals surface area (Å²) in [5.41, 5.74) is -0.306. The average molecular weight is 541 g/mol. The Hall–Kier alpha value is -3.78. The molecule has 8 N–H and O–H groups in total. The van der Waals surface area contributed by atoms with Crippen molar-refractivity contribution in [3.8, 4) is 0 Å². The summed E-state index contributed by atoms with van der Waals surface area (Å²) in [6.07, 6.45) is 3.70. The highest BCUT2D eigenvalue weighted by Gasteiger charge is 2.13. The molecule has 0 spiro atoms. The predicted octanol–water partition coefficient (Wildman–Crippen LogP) is 1.94. The van der Waals surface area contributed by atoms with Crippen LogP contribution in [-0.2, 0) is 28.8 Å². The molecule has 0 atom stereocenters. The first-order valence-electron chi connectivity index (χ1n) is 10.7. The molecule has 0 aliphatic rings. The summed E-state index contributed by atoms with van der Waals surface area (Å²) in [5, 5.41) is 64.6. The van der Waals surface area contributed by atoms with Gasteiger partial charge in [-0.2, -0.15) is 0 Å². The monoisotopic (exact) mass is 540 g/mol. The second kappa shape index (κ2) is 30.3. The van der Waals surface area contributed by atoms with Crippen molar-refractivity contribution in [2.45, 2.75) is 65.2 Å². The van der Waals surface area contributed by atoms with Gasteiger partial charge in [-0.3, -0.25) is 19.2 Å². The van der Waals surface area contributed by atoms with Gasteiger partial charge in [-0.25, -0.2) is 9.59 Å². The van der Waals surface area contributed by atoms with Gasteiger partial charge in [-0.15, -0.1) is 0 Å². The third kappa shape index (κ3) is 72.0. The van der Waals surface area contributed by atoms with Crippen molar-refractivity contribution < 1.29 is 69.6 Å². The molecule has 0 fully saturated rings. The Morgan fingerprint density at radius 3 is 0.757 bits per heavy atom. The third-order valence-corrected chi connectivity index (χ3v) is 3.27. The van der Waals surface area contributed by atoms with E-state index < -0.39 is 35.8 Å². The summed E-state index contributed by atoms with van der Waals surface area (Å²) in [4.78, 5) is 58.1. The Labute approximate surface area is 215 Å². The van der Waals surface area contributed by atoms with Crippen LogP contribution in [-0.4, -0.2) is 89.9 Å². The molecule has 216 valence electrons. The number of carboxylic acids is 6. The molecule has 0 aliphatic heterocycles. The topological polar surface area (TPSA) is 264 Å². The molecule has 0 radical (unpaired) electrons. The lowest BCUT2D eigenvalue weighted by atomic mass is 9.97. The number of carbonyl (C=O) groups is 6. The first-order valence-corrected chi connectivity index (χ1v) is 10.7. The van der Waals surface area contributed by atoms with Crippen LogP contribution in [0.5, 0.6) is 0 Å². The second-order valence-corrected chi connectivity index (χ2v) is 7.55. The van der Waals surface area contributed by atoms with Crippen LogP contribution in [0.2, 0.25) is 0 Å². The smallest absolute Gasteiger partial charge is 0.327 e. The molecule has 0 unspecified atom stereocenters. The molecule has 0 saturated carbocycles. The van der Waals surface area contributed by atoms with Gasteiger partial charge in [0.05, 0.1) is 13.2 Å². The van der Waals surface area contributed by atoms with E-state index in [1.165, 1.54) is 0 Å². The molecular weight excluding hydrogens is 500 g/mol. The molecule has 14 heteroatoms. The van der Waals surface area contributed by atoms with E-state index in [4.69, 9.17) is 40.9 Å². The van der Waals surface area contributed by atoms with Gasteiger partial charge >= 0.3 is 35.8 Å². The lowest BCUT2D eigenvalue weighted by Gasteiger charge is -2.16. The second-order valence-electron chi connectivity index (χ2n) is 7.55. The Balaban J connectivity index is -0.000000119. The van der Waals surface area contributed by atoms with Crippen molar-refractivity contribution in [3.63, 3.8) is 0 Å². The fourth-order valence-electron chi connectivity index (χ4n) is 1.15. The SMILES string of the molecule is C=CC(=O)O.C=CC(=O)O.CC(C)(CO)CO.O=C(O)CCCCC(=O)O.O=C(O)CCCCC(=O)O. The lowest BCUT2D eigenvalue weighted by Crippen LogP contribution is -2.20. The van der Waals surface area contributed by atoms with Gasteiger partial charge in [0.1, 0.15) is 0 Å². The van der Waals surface area contributed by atoms with Gasteiger partial charge in [-0.05, 0) is 25.7 Å². The summed E-state index contributed by atoms with van der Waals surface area (Å²) in [7, 11) is 0. The van der Waals surface area contributed by atoms with E-state index in [0.29, 0.717) is 25.7 Å². The van der Waals surface area contributed by atoms with E-state index >= 15 is 0 Å².